The number of aromatic nitrogens is 2. The molecule has 4 aromatic rings. The summed E-state index contributed by atoms with van der Waals surface area (Å²) in [6.07, 6.45) is 2.74. The van der Waals surface area contributed by atoms with E-state index in [1.807, 2.05) is 26.0 Å². The van der Waals surface area contributed by atoms with Gasteiger partial charge in [-0.1, -0.05) is 99.6 Å². The summed E-state index contributed by atoms with van der Waals surface area (Å²) in [4.78, 5) is 8.87. The molecule has 0 spiro atoms. The smallest absolute Gasteiger partial charge is 0.261 e. The van der Waals surface area contributed by atoms with Crippen LogP contribution >= 0.6 is 0 Å². The first-order valence-corrected chi connectivity index (χ1v) is 15.9. The summed E-state index contributed by atoms with van der Waals surface area (Å²) in [5, 5.41) is 2.51. The first-order chi connectivity index (χ1) is 19.2. The van der Waals surface area contributed by atoms with Gasteiger partial charge in [0.1, 0.15) is 11.6 Å². The lowest BCUT2D eigenvalue weighted by molar-refractivity contribution is 0.226. The van der Waals surface area contributed by atoms with Gasteiger partial charge in [-0.05, 0) is 47.7 Å². The molecule has 5 rings (SSSR count). The van der Waals surface area contributed by atoms with Crippen LogP contribution in [0.3, 0.4) is 0 Å². The molecule has 6 heteroatoms. The van der Waals surface area contributed by atoms with E-state index in [0.29, 0.717) is 13.2 Å². The Labute approximate surface area is 239 Å². The minimum absolute atomic E-state index is 0.0788. The molecule has 2 atom stereocenters. The number of para-hydroxylation sites is 1. The molecule has 3 aromatic carbocycles. The molecule has 1 saturated carbocycles. The highest BCUT2D eigenvalue weighted by molar-refractivity contribution is 6.99. The van der Waals surface area contributed by atoms with Gasteiger partial charge in [-0.3, -0.25) is 0 Å². The Morgan fingerprint density at radius 1 is 0.850 bits per heavy atom. The third kappa shape index (κ3) is 5.18. The van der Waals surface area contributed by atoms with Crippen molar-refractivity contribution in [1.29, 1.82) is 0 Å². The highest BCUT2D eigenvalue weighted by Crippen LogP contribution is 2.57. The van der Waals surface area contributed by atoms with Gasteiger partial charge in [0.05, 0.1) is 25.6 Å². The van der Waals surface area contributed by atoms with E-state index in [0.717, 1.165) is 29.4 Å². The molecule has 0 saturated heterocycles. The molecule has 2 unspecified atom stereocenters. The standard InChI is InChI=1S/C34H40N2O3Si/c1-25-32(22-35-26(2)36-25)38-24-34(30-19-13-14-20-31(30)37-6)21-27(34)23-39-40(33(3,4)5,28-15-9-7-10-16-28)29-17-11-8-12-18-29/h7-20,22,27H,21,23-24H2,1-6H3. The number of hydrogen-bond acceptors (Lipinski definition) is 5. The maximum Gasteiger partial charge on any atom is 0.261 e. The minimum Gasteiger partial charge on any atom is -0.496 e. The van der Waals surface area contributed by atoms with Crippen LogP contribution in [-0.4, -0.2) is 38.6 Å². The number of nitrogens with zero attached hydrogens (tertiary/aromatic N) is 2. The molecular weight excluding hydrogens is 512 g/mol. The Balaban J connectivity index is 1.50. The normalized spacial score (nSPS) is 18.8. The van der Waals surface area contributed by atoms with Crippen molar-refractivity contribution >= 4 is 18.7 Å². The van der Waals surface area contributed by atoms with E-state index in [2.05, 4.69) is 104 Å². The predicted octanol–water partition coefficient (Wildman–Crippen LogP) is 6.02. The number of hydrogen-bond donors (Lipinski definition) is 0. The molecule has 0 amide bonds. The zero-order chi connectivity index (χ0) is 28.4. The maximum absolute atomic E-state index is 7.35. The average molecular weight is 553 g/mol. The lowest BCUT2D eigenvalue weighted by atomic mass is 9.93. The molecular formula is C34H40N2O3Si. The fraction of sp³-hybridized carbons (Fsp3) is 0.353. The van der Waals surface area contributed by atoms with Crippen LogP contribution in [0, 0.1) is 19.8 Å². The van der Waals surface area contributed by atoms with Crippen molar-refractivity contribution in [3.8, 4) is 11.5 Å². The molecule has 0 aliphatic heterocycles. The quantitative estimate of drug-likeness (QED) is 0.225. The van der Waals surface area contributed by atoms with Gasteiger partial charge in [-0.2, -0.15) is 0 Å². The van der Waals surface area contributed by atoms with Crippen LogP contribution in [0.15, 0.2) is 91.1 Å². The summed E-state index contributed by atoms with van der Waals surface area (Å²) in [7, 11) is -0.914. The highest BCUT2D eigenvalue weighted by Gasteiger charge is 2.59. The molecule has 0 N–H and O–H groups in total. The van der Waals surface area contributed by atoms with Gasteiger partial charge in [0.15, 0.2) is 5.75 Å². The van der Waals surface area contributed by atoms with Crippen LogP contribution < -0.4 is 19.8 Å². The molecule has 40 heavy (non-hydrogen) atoms. The summed E-state index contributed by atoms with van der Waals surface area (Å²) in [6, 6.07) is 30.0. The maximum atomic E-state index is 7.35. The second-order valence-electron chi connectivity index (χ2n) is 11.9. The monoisotopic (exact) mass is 552 g/mol. The van der Waals surface area contributed by atoms with Gasteiger partial charge in [0.2, 0.25) is 0 Å². The predicted molar refractivity (Wildman–Crippen MR) is 163 cm³/mol. The molecule has 1 aliphatic rings. The number of ether oxygens (including phenoxy) is 2. The Kier molecular flexibility index (Phi) is 7.84. The molecule has 1 aliphatic carbocycles. The van der Waals surface area contributed by atoms with E-state index < -0.39 is 8.32 Å². The number of benzene rings is 3. The van der Waals surface area contributed by atoms with Crippen molar-refractivity contribution in [2.75, 3.05) is 20.3 Å². The topological polar surface area (TPSA) is 53.5 Å². The molecule has 5 nitrogen and oxygen atoms in total. The highest BCUT2D eigenvalue weighted by atomic mass is 28.4. The molecule has 1 aromatic heterocycles. The van der Waals surface area contributed by atoms with Gasteiger partial charge in [0, 0.05) is 17.6 Å². The zero-order valence-electron chi connectivity index (χ0n) is 24.5. The first-order valence-electron chi connectivity index (χ1n) is 14.0. The van der Waals surface area contributed by atoms with Crippen LogP contribution in [0.25, 0.3) is 0 Å². The Morgan fingerprint density at radius 2 is 1.45 bits per heavy atom. The number of aryl methyl sites for hydroxylation is 2. The Hall–Kier alpha value is -3.48. The van der Waals surface area contributed by atoms with Crippen LogP contribution in [0.1, 0.15) is 44.3 Å². The first kappa shape index (κ1) is 28.1. The third-order valence-electron chi connectivity index (χ3n) is 8.33. The van der Waals surface area contributed by atoms with E-state index in [1.54, 1.807) is 13.3 Å². The van der Waals surface area contributed by atoms with Gasteiger partial charge < -0.3 is 13.9 Å². The largest absolute Gasteiger partial charge is 0.496 e. The fourth-order valence-corrected chi connectivity index (χ4v) is 10.8. The van der Waals surface area contributed by atoms with Gasteiger partial charge in [0.25, 0.3) is 8.32 Å². The second kappa shape index (κ2) is 11.2. The number of rotatable bonds is 10. The van der Waals surface area contributed by atoms with Crippen molar-refractivity contribution in [3.63, 3.8) is 0 Å². The summed E-state index contributed by atoms with van der Waals surface area (Å²) < 4.78 is 19.6. The van der Waals surface area contributed by atoms with E-state index in [1.165, 1.54) is 15.9 Å². The third-order valence-corrected chi connectivity index (χ3v) is 13.3. The fourth-order valence-electron chi connectivity index (χ4n) is 6.15. The summed E-state index contributed by atoms with van der Waals surface area (Å²) in [5.74, 6) is 2.62. The van der Waals surface area contributed by atoms with Gasteiger partial charge in [-0.15, -0.1) is 0 Å². The van der Waals surface area contributed by atoms with E-state index in [-0.39, 0.29) is 16.4 Å². The number of methoxy groups -OCH3 is 1. The van der Waals surface area contributed by atoms with Crippen LogP contribution in [-0.2, 0) is 9.84 Å². The summed E-state index contributed by atoms with van der Waals surface area (Å²) in [5.41, 5.74) is 1.79. The zero-order valence-corrected chi connectivity index (χ0v) is 25.5. The molecule has 1 fully saturated rings. The lowest BCUT2D eigenvalue weighted by Gasteiger charge is -2.43. The van der Waals surface area contributed by atoms with Crippen LogP contribution in [0.4, 0.5) is 0 Å². The summed E-state index contributed by atoms with van der Waals surface area (Å²) >= 11 is 0. The minimum atomic E-state index is -2.65. The molecule has 0 bridgehead atoms. The summed E-state index contributed by atoms with van der Waals surface area (Å²) in [6.45, 7) is 12.0. The van der Waals surface area contributed by atoms with Crippen molar-refractivity contribution in [1.82, 2.24) is 9.97 Å². The van der Waals surface area contributed by atoms with E-state index in [9.17, 15) is 0 Å². The Bertz CT molecular complexity index is 1400. The SMILES string of the molecule is COc1ccccc1C1(COc2cnc(C)nc2C)CC1CO[Si](c1ccccc1)(c1ccccc1)C(C)(C)C. The average Bonchev–Trinajstić information content (AvgIpc) is 3.67. The van der Waals surface area contributed by atoms with Crippen LogP contribution in [0.5, 0.6) is 11.5 Å². The molecule has 1 heterocycles. The van der Waals surface area contributed by atoms with E-state index in [4.69, 9.17) is 13.9 Å². The Morgan fingerprint density at radius 3 is 2.02 bits per heavy atom. The van der Waals surface area contributed by atoms with Gasteiger partial charge >= 0.3 is 0 Å². The second-order valence-corrected chi connectivity index (χ2v) is 16.2. The molecule has 0 radical (unpaired) electrons. The van der Waals surface area contributed by atoms with Crippen molar-refractivity contribution in [2.45, 2.75) is 51.5 Å². The van der Waals surface area contributed by atoms with E-state index >= 15 is 0 Å². The van der Waals surface area contributed by atoms with Crippen molar-refractivity contribution in [3.05, 3.63) is 108 Å². The lowest BCUT2D eigenvalue weighted by Crippen LogP contribution is -2.66. The molecule has 208 valence electrons. The van der Waals surface area contributed by atoms with Crippen molar-refractivity contribution < 1.29 is 13.9 Å². The van der Waals surface area contributed by atoms with Crippen molar-refractivity contribution in [2.24, 2.45) is 5.92 Å². The van der Waals surface area contributed by atoms with Crippen LogP contribution in [0.2, 0.25) is 5.04 Å². The van der Waals surface area contributed by atoms with Gasteiger partial charge in [-0.25, -0.2) is 9.97 Å².